The zero-order valence-corrected chi connectivity index (χ0v) is 5.82. The predicted molar refractivity (Wildman–Crippen MR) is 37.3 cm³/mol. The number of nitrogens with two attached hydrogens (primary N) is 1. The van der Waals surface area contributed by atoms with Crippen LogP contribution in [0.2, 0.25) is 0 Å². The molecule has 0 amide bonds. The summed E-state index contributed by atoms with van der Waals surface area (Å²) in [4.78, 5) is 0. The third kappa shape index (κ3) is 1.37. The topological polar surface area (TPSA) is 59.4 Å². The second-order valence-electron chi connectivity index (χ2n) is 2.32. The van der Waals surface area contributed by atoms with Crippen LogP contribution >= 0.6 is 0 Å². The molecule has 2 atom stereocenters. The van der Waals surface area contributed by atoms with Crippen LogP contribution in [0.15, 0.2) is 23.0 Å². The lowest BCUT2D eigenvalue weighted by Crippen LogP contribution is -2.22. The van der Waals surface area contributed by atoms with E-state index in [0.29, 0.717) is 0 Å². The summed E-state index contributed by atoms with van der Waals surface area (Å²) < 4.78 is 4.79. The summed E-state index contributed by atoms with van der Waals surface area (Å²) in [5, 5.41) is 9.03. The molecule has 3 N–H and O–H groups in total. The Kier molecular flexibility index (Phi) is 2.09. The molecular formula is C7H11NO2. The summed E-state index contributed by atoms with van der Waals surface area (Å²) >= 11 is 0. The number of aliphatic hydroxyl groups excluding tert-OH is 1. The SMILES string of the molecule is CC(O)[C@H](N)c1ccoc1. The van der Waals surface area contributed by atoms with Crippen LogP contribution in [0.25, 0.3) is 0 Å². The van der Waals surface area contributed by atoms with Gasteiger partial charge in [-0.3, -0.25) is 0 Å². The van der Waals surface area contributed by atoms with Crippen molar-refractivity contribution >= 4 is 0 Å². The number of hydrogen-bond donors (Lipinski definition) is 2. The Morgan fingerprint density at radius 1 is 1.70 bits per heavy atom. The number of aliphatic hydroxyl groups is 1. The second kappa shape index (κ2) is 2.86. The maximum atomic E-state index is 9.03. The summed E-state index contributed by atoms with van der Waals surface area (Å²) in [7, 11) is 0. The molecule has 1 unspecified atom stereocenters. The van der Waals surface area contributed by atoms with Crippen LogP contribution in [0, 0.1) is 0 Å². The average molecular weight is 141 g/mol. The van der Waals surface area contributed by atoms with Gasteiger partial charge < -0.3 is 15.3 Å². The molecule has 0 aliphatic heterocycles. The Labute approximate surface area is 59.5 Å². The zero-order valence-electron chi connectivity index (χ0n) is 5.82. The standard InChI is InChI=1S/C7H11NO2/c1-5(9)7(8)6-2-3-10-4-6/h2-5,7,9H,8H2,1H3/t5?,7-/m0/s1. The first-order valence-corrected chi connectivity index (χ1v) is 3.17. The first kappa shape index (κ1) is 7.31. The van der Waals surface area contributed by atoms with Gasteiger partial charge in [0, 0.05) is 5.56 Å². The molecule has 1 aromatic rings. The quantitative estimate of drug-likeness (QED) is 0.636. The van der Waals surface area contributed by atoms with Crippen LogP contribution in [0.3, 0.4) is 0 Å². The van der Waals surface area contributed by atoms with E-state index in [1.807, 2.05) is 0 Å². The molecule has 1 aromatic heterocycles. The molecule has 0 aromatic carbocycles. The van der Waals surface area contributed by atoms with Crippen molar-refractivity contribution in [3.63, 3.8) is 0 Å². The fourth-order valence-electron chi connectivity index (χ4n) is 0.743. The Balaban J connectivity index is 2.68. The summed E-state index contributed by atoms with van der Waals surface area (Å²) in [6.07, 6.45) is 2.55. The first-order valence-electron chi connectivity index (χ1n) is 3.17. The molecule has 0 aliphatic carbocycles. The highest BCUT2D eigenvalue weighted by molar-refractivity contribution is 5.11. The normalized spacial score (nSPS) is 16.7. The van der Waals surface area contributed by atoms with E-state index >= 15 is 0 Å². The fourth-order valence-corrected chi connectivity index (χ4v) is 0.743. The van der Waals surface area contributed by atoms with Gasteiger partial charge in [0.15, 0.2) is 0 Å². The highest BCUT2D eigenvalue weighted by Gasteiger charge is 2.11. The van der Waals surface area contributed by atoms with Crippen molar-refractivity contribution in [2.45, 2.75) is 19.1 Å². The first-order chi connectivity index (χ1) is 4.72. The van der Waals surface area contributed by atoms with E-state index in [0.717, 1.165) is 5.56 Å². The molecule has 0 radical (unpaired) electrons. The van der Waals surface area contributed by atoms with Crippen LogP contribution in [0.1, 0.15) is 18.5 Å². The zero-order chi connectivity index (χ0) is 7.56. The fraction of sp³-hybridized carbons (Fsp3) is 0.429. The Hall–Kier alpha value is -0.800. The van der Waals surface area contributed by atoms with E-state index in [-0.39, 0.29) is 6.04 Å². The highest BCUT2D eigenvalue weighted by atomic mass is 16.3. The van der Waals surface area contributed by atoms with Crippen molar-refractivity contribution in [2.75, 3.05) is 0 Å². The number of rotatable bonds is 2. The molecule has 1 rings (SSSR count). The second-order valence-corrected chi connectivity index (χ2v) is 2.32. The predicted octanol–water partition coefficient (Wildman–Crippen LogP) is 0.660. The van der Waals surface area contributed by atoms with Crippen molar-refractivity contribution in [1.29, 1.82) is 0 Å². The van der Waals surface area contributed by atoms with E-state index in [1.54, 1.807) is 13.0 Å². The van der Waals surface area contributed by atoms with Crippen molar-refractivity contribution in [3.8, 4) is 0 Å². The Morgan fingerprint density at radius 3 is 2.80 bits per heavy atom. The van der Waals surface area contributed by atoms with Gasteiger partial charge in [0.2, 0.25) is 0 Å². The van der Waals surface area contributed by atoms with Gasteiger partial charge in [-0.25, -0.2) is 0 Å². The largest absolute Gasteiger partial charge is 0.472 e. The van der Waals surface area contributed by atoms with Gasteiger partial charge in [-0.1, -0.05) is 0 Å². The number of hydrogen-bond acceptors (Lipinski definition) is 3. The minimum atomic E-state index is -0.530. The van der Waals surface area contributed by atoms with E-state index in [2.05, 4.69) is 0 Å². The summed E-state index contributed by atoms with van der Waals surface area (Å²) in [5.74, 6) is 0. The maximum absolute atomic E-state index is 9.03. The molecule has 1 heterocycles. The minimum absolute atomic E-state index is 0.334. The van der Waals surface area contributed by atoms with Crippen LogP contribution in [0.4, 0.5) is 0 Å². The molecule has 0 bridgehead atoms. The number of furan rings is 1. The monoisotopic (exact) mass is 141 g/mol. The van der Waals surface area contributed by atoms with Gasteiger partial charge in [-0.15, -0.1) is 0 Å². The lowest BCUT2D eigenvalue weighted by molar-refractivity contribution is 0.164. The summed E-state index contributed by atoms with van der Waals surface area (Å²) in [6.45, 7) is 1.65. The lowest BCUT2D eigenvalue weighted by Gasteiger charge is -2.11. The van der Waals surface area contributed by atoms with Crippen molar-refractivity contribution in [2.24, 2.45) is 5.73 Å². The Bertz CT molecular complexity index is 181. The van der Waals surface area contributed by atoms with E-state index in [9.17, 15) is 0 Å². The van der Waals surface area contributed by atoms with Crippen LogP contribution < -0.4 is 5.73 Å². The molecule has 10 heavy (non-hydrogen) atoms. The third-order valence-electron chi connectivity index (χ3n) is 1.45. The molecule has 0 spiro atoms. The summed E-state index contributed by atoms with van der Waals surface area (Å²) in [5.41, 5.74) is 6.40. The molecule has 3 heteroatoms. The highest BCUT2D eigenvalue weighted by Crippen LogP contribution is 2.13. The minimum Gasteiger partial charge on any atom is -0.472 e. The van der Waals surface area contributed by atoms with Gasteiger partial charge in [-0.05, 0) is 13.0 Å². The van der Waals surface area contributed by atoms with E-state index in [4.69, 9.17) is 15.3 Å². The molecule has 56 valence electrons. The van der Waals surface area contributed by atoms with Crippen LogP contribution in [-0.2, 0) is 0 Å². The van der Waals surface area contributed by atoms with Crippen molar-refractivity contribution in [3.05, 3.63) is 24.2 Å². The van der Waals surface area contributed by atoms with Gasteiger partial charge in [-0.2, -0.15) is 0 Å². The summed E-state index contributed by atoms with van der Waals surface area (Å²) in [6, 6.07) is 1.41. The average Bonchev–Trinajstić information content (AvgIpc) is 2.36. The Morgan fingerprint density at radius 2 is 2.40 bits per heavy atom. The van der Waals surface area contributed by atoms with Gasteiger partial charge in [0.05, 0.1) is 24.7 Å². The molecule has 0 saturated heterocycles. The molecule has 0 fully saturated rings. The molecular weight excluding hydrogens is 130 g/mol. The molecule has 0 saturated carbocycles. The smallest absolute Gasteiger partial charge is 0.0951 e. The van der Waals surface area contributed by atoms with Gasteiger partial charge >= 0.3 is 0 Å². The van der Waals surface area contributed by atoms with E-state index < -0.39 is 6.10 Å². The van der Waals surface area contributed by atoms with Crippen molar-refractivity contribution < 1.29 is 9.52 Å². The van der Waals surface area contributed by atoms with Crippen LogP contribution in [0.5, 0.6) is 0 Å². The third-order valence-corrected chi connectivity index (χ3v) is 1.45. The van der Waals surface area contributed by atoms with E-state index in [1.165, 1.54) is 12.5 Å². The molecule has 0 aliphatic rings. The van der Waals surface area contributed by atoms with Crippen molar-refractivity contribution in [1.82, 2.24) is 0 Å². The molecule has 3 nitrogen and oxygen atoms in total. The van der Waals surface area contributed by atoms with Gasteiger partial charge in [0.25, 0.3) is 0 Å². The van der Waals surface area contributed by atoms with Gasteiger partial charge in [0.1, 0.15) is 0 Å². The lowest BCUT2D eigenvalue weighted by atomic mass is 10.1. The maximum Gasteiger partial charge on any atom is 0.0951 e. The van der Waals surface area contributed by atoms with Crippen LogP contribution in [-0.4, -0.2) is 11.2 Å².